The lowest BCUT2D eigenvalue weighted by Gasteiger charge is -2.16. The van der Waals surface area contributed by atoms with Crippen LogP contribution in [0.3, 0.4) is 0 Å². The van der Waals surface area contributed by atoms with Crippen LogP contribution in [0.15, 0.2) is 156 Å². The maximum absolute atomic E-state index is 10.0. The molecule has 0 N–H and O–H groups in total. The van der Waals surface area contributed by atoms with Gasteiger partial charge in [0.15, 0.2) is 0 Å². The number of para-hydroxylation sites is 4. The predicted molar refractivity (Wildman–Crippen MR) is 193 cm³/mol. The van der Waals surface area contributed by atoms with E-state index in [1.165, 1.54) is 21.5 Å². The second-order valence-corrected chi connectivity index (χ2v) is 12.0. The lowest BCUT2D eigenvalue weighted by atomic mass is 10.00. The zero-order chi connectivity index (χ0) is 31.1. The third-order valence-corrected chi connectivity index (χ3v) is 9.54. The van der Waals surface area contributed by atoms with Crippen LogP contribution < -0.4 is 0 Å². The van der Waals surface area contributed by atoms with E-state index >= 15 is 0 Å². The monoisotopic (exact) mass is 599 g/mol. The van der Waals surface area contributed by atoms with E-state index in [1.54, 1.807) is 0 Å². The molecule has 7 aromatic carbocycles. The Morgan fingerprint density at radius 3 is 1.85 bits per heavy atom. The van der Waals surface area contributed by atoms with E-state index in [-0.39, 0.29) is 0 Å². The normalized spacial score (nSPS) is 11.8. The van der Waals surface area contributed by atoms with Crippen LogP contribution >= 0.6 is 0 Å². The van der Waals surface area contributed by atoms with Crippen LogP contribution in [0.25, 0.3) is 88.1 Å². The van der Waals surface area contributed by atoms with Crippen LogP contribution in [0.4, 0.5) is 0 Å². The van der Waals surface area contributed by atoms with Gasteiger partial charge in [-0.15, -0.1) is 0 Å². The number of benzene rings is 7. The molecule has 0 aliphatic heterocycles. The highest BCUT2D eigenvalue weighted by molar-refractivity contribution is 6.24. The molecule has 218 valence electrons. The van der Waals surface area contributed by atoms with E-state index in [9.17, 15) is 5.26 Å². The van der Waals surface area contributed by atoms with Crippen LogP contribution in [-0.2, 0) is 0 Å². The molecule has 0 saturated heterocycles. The lowest BCUT2D eigenvalue weighted by Crippen LogP contribution is -1.99. The third kappa shape index (κ3) is 3.63. The Morgan fingerprint density at radius 2 is 1.13 bits per heavy atom. The Morgan fingerprint density at radius 1 is 0.489 bits per heavy atom. The summed E-state index contributed by atoms with van der Waals surface area (Å²) in [5.74, 6) is 0. The maximum atomic E-state index is 10.0. The number of aromatic nitrogens is 2. The molecule has 3 aromatic heterocycles. The molecule has 0 atom stereocenters. The van der Waals surface area contributed by atoms with Crippen LogP contribution in [0.1, 0.15) is 5.56 Å². The molecule has 0 bridgehead atoms. The van der Waals surface area contributed by atoms with Crippen LogP contribution in [0, 0.1) is 11.3 Å². The zero-order valence-corrected chi connectivity index (χ0v) is 25.2. The number of hydrogen-bond acceptors (Lipinski definition) is 2. The molecule has 10 aromatic rings. The molecule has 0 fully saturated rings. The van der Waals surface area contributed by atoms with Gasteiger partial charge in [0.1, 0.15) is 11.2 Å². The molecule has 0 saturated carbocycles. The second-order valence-electron chi connectivity index (χ2n) is 12.0. The van der Waals surface area contributed by atoms with Gasteiger partial charge in [-0.3, -0.25) is 0 Å². The van der Waals surface area contributed by atoms with Crippen LogP contribution in [-0.4, -0.2) is 9.13 Å². The summed E-state index contributed by atoms with van der Waals surface area (Å²) >= 11 is 0. The first kappa shape index (κ1) is 25.7. The van der Waals surface area contributed by atoms with Crippen molar-refractivity contribution in [2.75, 3.05) is 0 Å². The minimum atomic E-state index is 0.623. The largest absolute Gasteiger partial charge is 0.456 e. The summed E-state index contributed by atoms with van der Waals surface area (Å²) in [4.78, 5) is 0. The Bertz CT molecular complexity index is 2880. The number of furan rings is 1. The van der Waals surface area contributed by atoms with Crippen molar-refractivity contribution in [1.29, 1.82) is 5.26 Å². The Labute approximate surface area is 269 Å². The van der Waals surface area contributed by atoms with Crippen molar-refractivity contribution in [3.63, 3.8) is 0 Å². The maximum Gasteiger partial charge on any atom is 0.137 e. The highest BCUT2D eigenvalue weighted by atomic mass is 16.3. The molecule has 0 spiro atoms. The molecule has 0 aliphatic carbocycles. The summed E-state index contributed by atoms with van der Waals surface area (Å²) in [6.07, 6.45) is 0. The van der Waals surface area contributed by atoms with Gasteiger partial charge in [-0.1, -0.05) is 84.9 Å². The average molecular weight is 600 g/mol. The fourth-order valence-electron chi connectivity index (χ4n) is 7.56. The summed E-state index contributed by atoms with van der Waals surface area (Å²) in [5, 5.41) is 17.0. The molecule has 47 heavy (non-hydrogen) atoms. The van der Waals surface area contributed by atoms with Gasteiger partial charge in [-0.25, -0.2) is 0 Å². The van der Waals surface area contributed by atoms with Gasteiger partial charge in [0.25, 0.3) is 0 Å². The Hall–Kier alpha value is -6.57. The number of hydrogen-bond donors (Lipinski definition) is 0. The fourth-order valence-corrected chi connectivity index (χ4v) is 7.56. The highest BCUT2D eigenvalue weighted by Gasteiger charge is 2.20. The molecule has 4 nitrogen and oxygen atoms in total. The molecule has 0 aliphatic rings. The number of rotatable bonds is 3. The summed E-state index contributed by atoms with van der Waals surface area (Å²) in [7, 11) is 0. The molecule has 0 amide bonds. The summed E-state index contributed by atoms with van der Waals surface area (Å²) in [5.41, 5.74) is 11.0. The topological polar surface area (TPSA) is 46.8 Å². The minimum Gasteiger partial charge on any atom is -0.456 e. The molecule has 3 heterocycles. The van der Waals surface area contributed by atoms with Crippen molar-refractivity contribution in [2.45, 2.75) is 0 Å². The van der Waals surface area contributed by atoms with Crippen molar-refractivity contribution in [3.05, 3.63) is 157 Å². The van der Waals surface area contributed by atoms with Crippen molar-refractivity contribution in [3.8, 4) is 28.6 Å². The second kappa shape index (κ2) is 9.71. The van der Waals surface area contributed by atoms with E-state index in [0.717, 1.165) is 66.5 Å². The molecule has 0 radical (unpaired) electrons. The van der Waals surface area contributed by atoms with E-state index in [0.29, 0.717) is 5.56 Å². The lowest BCUT2D eigenvalue weighted by molar-refractivity contribution is 0.669. The zero-order valence-electron chi connectivity index (χ0n) is 25.2. The quantitative estimate of drug-likeness (QED) is 0.203. The SMILES string of the molecule is N#Cc1ccc(-n2c3ccccc3c3ccccc32)c(-c2cccc(-n3c4ccccc4c4ccc5oc6ccccc6c5c43)c2)c1. The van der Waals surface area contributed by atoms with Crippen molar-refractivity contribution < 1.29 is 4.42 Å². The van der Waals surface area contributed by atoms with E-state index in [1.807, 2.05) is 24.3 Å². The fraction of sp³-hybridized carbons (Fsp3) is 0. The number of nitriles is 1. The third-order valence-electron chi connectivity index (χ3n) is 9.54. The van der Waals surface area contributed by atoms with Crippen LogP contribution in [0.2, 0.25) is 0 Å². The van der Waals surface area contributed by atoms with Gasteiger partial charge in [0, 0.05) is 38.2 Å². The first-order valence-corrected chi connectivity index (χ1v) is 15.8. The van der Waals surface area contributed by atoms with Gasteiger partial charge in [0.2, 0.25) is 0 Å². The minimum absolute atomic E-state index is 0.623. The molecule has 0 unspecified atom stereocenters. The Kier molecular flexibility index (Phi) is 5.32. The van der Waals surface area contributed by atoms with Crippen molar-refractivity contribution in [1.82, 2.24) is 9.13 Å². The average Bonchev–Trinajstić information content (AvgIpc) is 3.79. The molecular formula is C43H25N3O. The number of fused-ring (bicyclic) bond motifs is 10. The standard InChI is InChI=1S/C43H25N3O/c44-26-27-20-22-39(46-37-17-6-1-12-30(37)31-13-2-7-18-38(31)46)35(24-27)28-10-9-11-29(25-28)45-36-16-5-3-14-32(36)33-21-23-41-42(43(33)45)34-15-4-8-19-40(34)47-41/h1-25H. The summed E-state index contributed by atoms with van der Waals surface area (Å²) in [6.45, 7) is 0. The van der Waals surface area contributed by atoms with Gasteiger partial charge >= 0.3 is 0 Å². The number of nitrogens with zero attached hydrogens (tertiary/aromatic N) is 3. The summed E-state index contributed by atoms with van der Waals surface area (Å²) in [6, 6.07) is 55.3. The highest BCUT2D eigenvalue weighted by Crippen LogP contribution is 2.42. The summed E-state index contributed by atoms with van der Waals surface area (Å²) < 4.78 is 11.0. The smallest absolute Gasteiger partial charge is 0.137 e. The van der Waals surface area contributed by atoms with Gasteiger partial charge < -0.3 is 13.6 Å². The molecule has 4 heteroatoms. The molecular weight excluding hydrogens is 574 g/mol. The Balaban J connectivity index is 1.28. The van der Waals surface area contributed by atoms with E-state index in [2.05, 4.69) is 143 Å². The van der Waals surface area contributed by atoms with Gasteiger partial charge in [-0.05, 0) is 72.3 Å². The van der Waals surface area contributed by atoms with Gasteiger partial charge in [-0.2, -0.15) is 5.26 Å². The van der Waals surface area contributed by atoms with E-state index < -0.39 is 0 Å². The first-order valence-electron chi connectivity index (χ1n) is 15.8. The van der Waals surface area contributed by atoms with Crippen molar-refractivity contribution >= 4 is 65.6 Å². The predicted octanol–water partition coefficient (Wildman–Crippen LogP) is 11.3. The van der Waals surface area contributed by atoms with Crippen LogP contribution in [0.5, 0.6) is 0 Å². The first-order chi connectivity index (χ1) is 23.3. The van der Waals surface area contributed by atoms with Gasteiger partial charge in [0.05, 0.1) is 44.8 Å². The van der Waals surface area contributed by atoms with E-state index in [4.69, 9.17) is 4.42 Å². The molecule has 10 rings (SSSR count). The van der Waals surface area contributed by atoms with Crippen molar-refractivity contribution in [2.24, 2.45) is 0 Å².